The van der Waals surface area contributed by atoms with E-state index in [1.807, 2.05) is 0 Å². The quantitative estimate of drug-likeness (QED) is 0.864. The van der Waals surface area contributed by atoms with E-state index in [2.05, 4.69) is 5.10 Å². The lowest BCUT2D eigenvalue weighted by Crippen LogP contribution is -2.10. The molecule has 0 aliphatic heterocycles. The van der Waals surface area contributed by atoms with E-state index in [-0.39, 0.29) is 5.69 Å². The Bertz CT molecular complexity index is 769. The molecule has 0 saturated carbocycles. The molecule has 0 unspecified atom stereocenters. The van der Waals surface area contributed by atoms with Gasteiger partial charge in [-0.05, 0) is 24.3 Å². The first-order valence-corrected chi connectivity index (χ1v) is 7.70. The van der Waals surface area contributed by atoms with Crippen LogP contribution in [-0.2, 0) is 28.8 Å². The first kappa shape index (κ1) is 15.8. The van der Waals surface area contributed by atoms with Gasteiger partial charge in [-0.1, -0.05) is 11.6 Å². The van der Waals surface area contributed by atoms with Crippen molar-refractivity contribution < 1.29 is 21.6 Å². The molecule has 1 aromatic carbocycles. The van der Waals surface area contributed by atoms with Crippen molar-refractivity contribution in [1.82, 2.24) is 9.78 Å². The molecule has 0 saturated heterocycles. The van der Waals surface area contributed by atoms with Gasteiger partial charge in [0, 0.05) is 13.2 Å². The molecular formula is C12H10ClF3N2O2S. The van der Waals surface area contributed by atoms with Crippen molar-refractivity contribution in [3.05, 3.63) is 46.7 Å². The Hall–Kier alpha value is -1.54. The summed E-state index contributed by atoms with van der Waals surface area (Å²) in [5.74, 6) is -0.479. The minimum atomic E-state index is -4.71. The summed E-state index contributed by atoms with van der Waals surface area (Å²) < 4.78 is 64.0. The lowest BCUT2D eigenvalue weighted by molar-refractivity contribution is -0.137. The molecule has 1 aromatic heterocycles. The number of rotatable bonds is 3. The average Bonchev–Trinajstić information content (AvgIpc) is 2.72. The summed E-state index contributed by atoms with van der Waals surface area (Å²) in [4.78, 5) is -0.440. The van der Waals surface area contributed by atoms with E-state index in [1.165, 1.54) is 10.7 Å². The van der Waals surface area contributed by atoms with Crippen LogP contribution in [0, 0.1) is 0 Å². The minimum absolute atomic E-state index is 0.251. The summed E-state index contributed by atoms with van der Waals surface area (Å²) >= 11 is 5.46. The van der Waals surface area contributed by atoms with Gasteiger partial charge in [-0.2, -0.15) is 18.3 Å². The average molecular weight is 339 g/mol. The van der Waals surface area contributed by atoms with Crippen molar-refractivity contribution in [1.29, 1.82) is 0 Å². The Kier molecular flexibility index (Phi) is 4.03. The van der Waals surface area contributed by atoms with Crippen LogP contribution in [-0.4, -0.2) is 18.2 Å². The number of nitrogens with zero attached hydrogens (tertiary/aromatic N) is 2. The highest BCUT2D eigenvalue weighted by atomic mass is 35.5. The highest BCUT2D eigenvalue weighted by molar-refractivity contribution is 7.90. The fourth-order valence-corrected chi connectivity index (χ4v) is 3.24. The molecule has 0 spiro atoms. The molecule has 1 heterocycles. The van der Waals surface area contributed by atoms with Crippen LogP contribution < -0.4 is 0 Å². The molecule has 21 heavy (non-hydrogen) atoms. The SMILES string of the molecule is Cn1ccc(CS(=O)(=O)c2ccc(Cl)c(C(F)(F)F)c2)n1. The Balaban J connectivity index is 2.41. The van der Waals surface area contributed by atoms with Crippen molar-refractivity contribution in [2.45, 2.75) is 16.8 Å². The van der Waals surface area contributed by atoms with E-state index in [9.17, 15) is 21.6 Å². The zero-order valence-corrected chi connectivity index (χ0v) is 12.3. The summed E-state index contributed by atoms with van der Waals surface area (Å²) in [6.07, 6.45) is -3.17. The number of aromatic nitrogens is 2. The zero-order chi connectivity index (χ0) is 15.8. The Labute approximate surface area is 124 Å². The minimum Gasteiger partial charge on any atom is -0.276 e. The van der Waals surface area contributed by atoms with Crippen molar-refractivity contribution in [3.8, 4) is 0 Å². The molecule has 2 aromatic rings. The van der Waals surface area contributed by atoms with Gasteiger partial charge in [-0.15, -0.1) is 0 Å². The number of halogens is 4. The maximum absolute atomic E-state index is 12.8. The Morgan fingerprint density at radius 3 is 2.48 bits per heavy atom. The van der Waals surface area contributed by atoms with Crippen LogP contribution in [0.2, 0.25) is 5.02 Å². The van der Waals surface area contributed by atoms with Crippen LogP contribution >= 0.6 is 11.6 Å². The third kappa shape index (κ3) is 3.56. The molecule has 0 fully saturated rings. The van der Waals surface area contributed by atoms with Gasteiger partial charge in [0.25, 0.3) is 0 Å². The molecular weight excluding hydrogens is 329 g/mol. The van der Waals surface area contributed by atoms with Crippen LogP contribution in [0.3, 0.4) is 0 Å². The van der Waals surface area contributed by atoms with Crippen molar-refractivity contribution in [2.75, 3.05) is 0 Å². The summed E-state index contributed by atoms with van der Waals surface area (Å²) in [6.45, 7) is 0. The van der Waals surface area contributed by atoms with Gasteiger partial charge in [-0.25, -0.2) is 8.42 Å². The van der Waals surface area contributed by atoms with Gasteiger partial charge in [0.1, 0.15) is 0 Å². The van der Waals surface area contributed by atoms with E-state index in [4.69, 9.17) is 11.6 Å². The number of hydrogen-bond donors (Lipinski definition) is 0. The molecule has 0 radical (unpaired) electrons. The molecule has 9 heteroatoms. The van der Waals surface area contributed by atoms with Gasteiger partial charge < -0.3 is 0 Å². The molecule has 114 valence electrons. The third-order valence-corrected chi connectivity index (χ3v) is 4.69. The normalized spacial score (nSPS) is 12.6. The second kappa shape index (κ2) is 5.34. The number of hydrogen-bond acceptors (Lipinski definition) is 3. The summed E-state index contributed by atoms with van der Waals surface area (Å²) in [7, 11) is -2.32. The topological polar surface area (TPSA) is 52.0 Å². The maximum atomic E-state index is 12.8. The second-order valence-electron chi connectivity index (χ2n) is 4.38. The third-order valence-electron chi connectivity index (χ3n) is 2.71. The molecule has 0 atom stereocenters. The Morgan fingerprint density at radius 1 is 1.29 bits per heavy atom. The van der Waals surface area contributed by atoms with Crippen molar-refractivity contribution >= 4 is 21.4 Å². The first-order valence-electron chi connectivity index (χ1n) is 5.67. The largest absolute Gasteiger partial charge is 0.417 e. The summed E-state index contributed by atoms with van der Waals surface area (Å²) in [6, 6.07) is 4.00. The lowest BCUT2D eigenvalue weighted by Gasteiger charge is -2.11. The predicted octanol–water partition coefficient (Wildman–Crippen LogP) is 3.07. The number of alkyl halides is 3. The van der Waals surface area contributed by atoms with Gasteiger partial charge in [0.15, 0.2) is 9.84 Å². The second-order valence-corrected chi connectivity index (χ2v) is 6.78. The standard InChI is InChI=1S/C12H10ClF3N2O2S/c1-18-5-4-8(17-18)7-21(19,20)9-2-3-11(13)10(6-9)12(14,15)16/h2-6H,7H2,1H3. The molecule has 4 nitrogen and oxygen atoms in total. The van der Waals surface area contributed by atoms with Crippen molar-refractivity contribution in [3.63, 3.8) is 0 Å². The van der Waals surface area contributed by atoms with Gasteiger partial charge in [0.05, 0.1) is 26.9 Å². The molecule has 0 N–H and O–H groups in total. The molecule has 0 aliphatic rings. The van der Waals surface area contributed by atoms with E-state index < -0.39 is 37.2 Å². The summed E-state index contributed by atoms with van der Waals surface area (Å²) in [5.41, 5.74) is -0.924. The van der Waals surface area contributed by atoms with Crippen molar-refractivity contribution in [2.24, 2.45) is 7.05 Å². The highest BCUT2D eigenvalue weighted by Gasteiger charge is 2.34. The molecule has 2 rings (SSSR count). The van der Waals surface area contributed by atoms with Gasteiger partial charge in [-0.3, -0.25) is 4.68 Å². The monoisotopic (exact) mass is 338 g/mol. The predicted molar refractivity (Wildman–Crippen MR) is 70.6 cm³/mol. The lowest BCUT2D eigenvalue weighted by atomic mass is 10.2. The van der Waals surface area contributed by atoms with Crippen LogP contribution in [0.25, 0.3) is 0 Å². The molecule has 0 bridgehead atoms. The molecule has 0 amide bonds. The fraction of sp³-hybridized carbons (Fsp3) is 0.250. The van der Waals surface area contributed by atoms with Crippen LogP contribution in [0.15, 0.2) is 35.4 Å². The number of aryl methyl sites for hydroxylation is 1. The van der Waals surface area contributed by atoms with E-state index in [0.29, 0.717) is 6.07 Å². The summed E-state index contributed by atoms with van der Waals surface area (Å²) in [5, 5.41) is 3.36. The zero-order valence-electron chi connectivity index (χ0n) is 10.7. The van der Waals surface area contributed by atoms with Crippen LogP contribution in [0.1, 0.15) is 11.3 Å². The van der Waals surface area contributed by atoms with Gasteiger partial charge in [0.2, 0.25) is 0 Å². The smallest absolute Gasteiger partial charge is 0.276 e. The molecule has 0 aliphatic carbocycles. The van der Waals surface area contributed by atoms with Gasteiger partial charge >= 0.3 is 6.18 Å². The fourth-order valence-electron chi connectivity index (χ4n) is 1.73. The van der Waals surface area contributed by atoms with E-state index in [0.717, 1.165) is 12.1 Å². The highest BCUT2D eigenvalue weighted by Crippen LogP contribution is 2.36. The van der Waals surface area contributed by atoms with Crippen LogP contribution in [0.5, 0.6) is 0 Å². The maximum Gasteiger partial charge on any atom is 0.417 e. The van der Waals surface area contributed by atoms with Crippen LogP contribution in [0.4, 0.5) is 13.2 Å². The Morgan fingerprint density at radius 2 is 1.95 bits per heavy atom. The van der Waals surface area contributed by atoms with E-state index in [1.54, 1.807) is 13.2 Å². The number of benzene rings is 1. The first-order chi connectivity index (χ1) is 9.59. The van der Waals surface area contributed by atoms with E-state index >= 15 is 0 Å². The number of sulfone groups is 1.